The molecule has 2 unspecified atom stereocenters. The van der Waals surface area contributed by atoms with E-state index in [1.807, 2.05) is 0 Å². The fraction of sp³-hybridized carbons (Fsp3) is 0.609. The highest BCUT2D eigenvalue weighted by molar-refractivity contribution is 7.09. The largest absolute Gasteiger partial charge is 0.352 e. The van der Waals surface area contributed by atoms with Crippen molar-refractivity contribution in [3.05, 3.63) is 41.5 Å². The lowest BCUT2D eigenvalue weighted by atomic mass is 10.1. The normalized spacial score (nSPS) is 17.3. The van der Waals surface area contributed by atoms with Crippen LogP contribution in [0.5, 0.6) is 0 Å². The summed E-state index contributed by atoms with van der Waals surface area (Å²) in [6.45, 7) is 10.5. The standard InChI is InChI=1S/C23H34FN5OS/c1-4-28(5-2)14-6-8-17(3)25-22(30)20-9-7-15-29(20)23-26-21(27-31-23)16-18-10-12-19(24)13-11-18/h10-13,17,20H,4-9,14-16H2,1-3H3,(H,25,30). The Balaban J connectivity index is 1.52. The molecule has 1 N–H and O–H groups in total. The SMILES string of the molecule is CCN(CC)CCCC(C)NC(=O)C1CCCN1c1nc(Cc2ccc(F)cc2)ns1. The molecule has 3 rings (SSSR count). The van der Waals surface area contributed by atoms with Gasteiger partial charge in [-0.05, 0) is 69.9 Å². The monoisotopic (exact) mass is 447 g/mol. The van der Waals surface area contributed by atoms with E-state index in [-0.39, 0.29) is 23.8 Å². The van der Waals surface area contributed by atoms with Crippen LogP contribution in [0, 0.1) is 5.82 Å². The molecule has 1 aliphatic heterocycles. The molecule has 2 aromatic rings. The molecule has 1 amide bonds. The van der Waals surface area contributed by atoms with Crippen molar-refractivity contribution in [2.24, 2.45) is 0 Å². The summed E-state index contributed by atoms with van der Waals surface area (Å²) in [5.41, 5.74) is 0.972. The van der Waals surface area contributed by atoms with Crippen LogP contribution in [0.1, 0.15) is 57.8 Å². The number of carbonyl (C=O) groups excluding carboxylic acids is 1. The number of rotatable bonds is 11. The van der Waals surface area contributed by atoms with Crippen molar-refractivity contribution in [3.63, 3.8) is 0 Å². The zero-order valence-corrected chi connectivity index (χ0v) is 19.6. The first kappa shape index (κ1) is 23.6. The highest BCUT2D eigenvalue weighted by Gasteiger charge is 2.33. The number of halogens is 1. The van der Waals surface area contributed by atoms with Crippen molar-refractivity contribution in [1.82, 2.24) is 19.6 Å². The Labute approximate surface area is 189 Å². The molecule has 1 aliphatic rings. The number of anilines is 1. The second kappa shape index (κ2) is 11.5. The third kappa shape index (κ3) is 6.71. The van der Waals surface area contributed by atoms with Crippen molar-refractivity contribution in [2.75, 3.05) is 31.1 Å². The summed E-state index contributed by atoms with van der Waals surface area (Å²) >= 11 is 1.34. The average molecular weight is 448 g/mol. The minimum Gasteiger partial charge on any atom is -0.352 e. The van der Waals surface area contributed by atoms with Gasteiger partial charge in [-0.1, -0.05) is 26.0 Å². The van der Waals surface area contributed by atoms with Gasteiger partial charge in [0, 0.05) is 30.5 Å². The number of nitrogens with zero attached hydrogens (tertiary/aromatic N) is 4. The number of aromatic nitrogens is 2. The second-order valence-corrected chi connectivity index (χ2v) is 8.96. The Hall–Kier alpha value is -2.06. The maximum absolute atomic E-state index is 13.1. The van der Waals surface area contributed by atoms with E-state index in [9.17, 15) is 9.18 Å². The van der Waals surface area contributed by atoms with Gasteiger partial charge in [0.2, 0.25) is 11.0 Å². The molecule has 0 saturated carbocycles. The summed E-state index contributed by atoms with van der Waals surface area (Å²) in [6, 6.07) is 6.39. The maximum Gasteiger partial charge on any atom is 0.242 e. The fourth-order valence-corrected chi connectivity index (χ4v) is 4.82. The minimum atomic E-state index is -0.246. The summed E-state index contributed by atoms with van der Waals surface area (Å²) in [5, 5.41) is 4.00. The molecule has 0 aliphatic carbocycles. The molecule has 8 heteroatoms. The second-order valence-electron chi connectivity index (χ2n) is 8.23. The predicted octanol–water partition coefficient (Wildman–Crippen LogP) is 3.86. The van der Waals surface area contributed by atoms with E-state index in [1.165, 1.54) is 23.7 Å². The topological polar surface area (TPSA) is 61.4 Å². The van der Waals surface area contributed by atoms with E-state index in [4.69, 9.17) is 0 Å². The van der Waals surface area contributed by atoms with Crippen LogP contribution >= 0.6 is 11.5 Å². The number of hydrogen-bond acceptors (Lipinski definition) is 6. The van der Waals surface area contributed by atoms with Gasteiger partial charge in [-0.3, -0.25) is 4.79 Å². The van der Waals surface area contributed by atoms with Gasteiger partial charge in [0.25, 0.3) is 0 Å². The summed E-state index contributed by atoms with van der Waals surface area (Å²) in [4.78, 5) is 22.1. The van der Waals surface area contributed by atoms with Crippen molar-refractivity contribution in [3.8, 4) is 0 Å². The first-order chi connectivity index (χ1) is 15.0. The smallest absolute Gasteiger partial charge is 0.242 e. The van der Waals surface area contributed by atoms with Crippen LogP contribution in [0.4, 0.5) is 9.52 Å². The number of benzene rings is 1. The van der Waals surface area contributed by atoms with Crippen LogP contribution < -0.4 is 10.2 Å². The molecule has 1 aromatic heterocycles. The molecule has 31 heavy (non-hydrogen) atoms. The highest BCUT2D eigenvalue weighted by atomic mass is 32.1. The minimum absolute atomic E-state index is 0.0862. The first-order valence-corrected chi connectivity index (χ1v) is 12.1. The molecule has 1 saturated heterocycles. The van der Waals surface area contributed by atoms with Crippen molar-refractivity contribution in [1.29, 1.82) is 0 Å². The van der Waals surface area contributed by atoms with Crippen LogP contribution in [0.3, 0.4) is 0 Å². The number of carbonyl (C=O) groups is 1. The molecule has 0 radical (unpaired) electrons. The zero-order chi connectivity index (χ0) is 22.2. The van der Waals surface area contributed by atoms with Gasteiger partial charge < -0.3 is 15.1 Å². The Morgan fingerprint density at radius 3 is 2.77 bits per heavy atom. The molecule has 6 nitrogen and oxygen atoms in total. The Kier molecular flexibility index (Phi) is 8.78. The molecule has 1 fully saturated rings. The molecule has 0 bridgehead atoms. The number of nitrogens with one attached hydrogen (secondary N) is 1. The number of amides is 1. The summed E-state index contributed by atoms with van der Waals surface area (Å²) < 4.78 is 17.6. The summed E-state index contributed by atoms with van der Waals surface area (Å²) in [6.07, 6.45) is 4.44. The van der Waals surface area contributed by atoms with Gasteiger partial charge in [-0.25, -0.2) is 9.37 Å². The van der Waals surface area contributed by atoms with Crippen molar-refractivity contribution in [2.45, 2.75) is 65.0 Å². The van der Waals surface area contributed by atoms with E-state index in [1.54, 1.807) is 12.1 Å². The van der Waals surface area contributed by atoms with E-state index >= 15 is 0 Å². The molecule has 2 heterocycles. The lowest BCUT2D eigenvalue weighted by molar-refractivity contribution is -0.122. The molecule has 1 aromatic carbocycles. The van der Waals surface area contributed by atoms with Crippen LogP contribution in [0.2, 0.25) is 0 Å². The van der Waals surface area contributed by atoms with Crippen LogP contribution in [-0.4, -0.2) is 58.4 Å². The Morgan fingerprint density at radius 2 is 2.06 bits per heavy atom. The lowest BCUT2D eigenvalue weighted by Gasteiger charge is -2.25. The van der Waals surface area contributed by atoms with Gasteiger partial charge in [-0.15, -0.1) is 0 Å². The summed E-state index contributed by atoms with van der Waals surface area (Å²) in [7, 11) is 0. The fourth-order valence-electron chi connectivity index (χ4n) is 4.06. The molecular weight excluding hydrogens is 413 g/mol. The van der Waals surface area contributed by atoms with Crippen LogP contribution in [-0.2, 0) is 11.2 Å². The quantitative estimate of drug-likeness (QED) is 0.567. The molecular formula is C23H34FN5OS. The van der Waals surface area contributed by atoms with Gasteiger partial charge >= 0.3 is 0 Å². The van der Waals surface area contributed by atoms with E-state index in [0.29, 0.717) is 12.2 Å². The number of hydrogen-bond donors (Lipinski definition) is 1. The van der Waals surface area contributed by atoms with E-state index < -0.39 is 0 Å². The molecule has 0 spiro atoms. The maximum atomic E-state index is 13.1. The molecule has 170 valence electrons. The highest BCUT2D eigenvalue weighted by Crippen LogP contribution is 2.28. The van der Waals surface area contributed by atoms with Crippen molar-refractivity contribution >= 4 is 22.6 Å². The molecule has 2 atom stereocenters. The van der Waals surface area contributed by atoms with E-state index in [0.717, 1.165) is 62.6 Å². The zero-order valence-electron chi connectivity index (χ0n) is 18.8. The van der Waals surface area contributed by atoms with E-state index in [2.05, 4.69) is 45.2 Å². The van der Waals surface area contributed by atoms with Gasteiger partial charge in [0.05, 0.1) is 0 Å². The van der Waals surface area contributed by atoms with Gasteiger partial charge in [0.1, 0.15) is 17.7 Å². The lowest BCUT2D eigenvalue weighted by Crippen LogP contribution is -2.46. The van der Waals surface area contributed by atoms with Gasteiger partial charge in [-0.2, -0.15) is 4.37 Å². The van der Waals surface area contributed by atoms with Crippen LogP contribution in [0.25, 0.3) is 0 Å². The van der Waals surface area contributed by atoms with Crippen molar-refractivity contribution < 1.29 is 9.18 Å². The summed E-state index contributed by atoms with van der Waals surface area (Å²) in [5.74, 6) is 0.550. The Bertz CT molecular complexity index is 824. The van der Waals surface area contributed by atoms with Gasteiger partial charge in [0.15, 0.2) is 0 Å². The first-order valence-electron chi connectivity index (χ1n) is 11.4. The van der Waals surface area contributed by atoms with Crippen LogP contribution in [0.15, 0.2) is 24.3 Å². The predicted molar refractivity (Wildman–Crippen MR) is 124 cm³/mol. The third-order valence-corrected chi connectivity index (χ3v) is 6.72. The Morgan fingerprint density at radius 1 is 1.32 bits per heavy atom. The third-order valence-electron chi connectivity index (χ3n) is 5.93. The average Bonchev–Trinajstić information content (AvgIpc) is 3.42.